The van der Waals surface area contributed by atoms with E-state index >= 15 is 0 Å². The van der Waals surface area contributed by atoms with Gasteiger partial charge in [0.2, 0.25) is 0 Å². The van der Waals surface area contributed by atoms with Crippen molar-refractivity contribution in [2.45, 2.75) is 12.3 Å². The lowest BCUT2D eigenvalue weighted by atomic mass is 10.1. The molecule has 2 nitrogen and oxygen atoms in total. The summed E-state index contributed by atoms with van der Waals surface area (Å²) in [5.74, 6) is -0.407. The van der Waals surface area contributed by atoms with Crippen molar-refractivity contribution in [2.75, 3.05) is 6.61 Å². The number of carbonyl (C=O) groups is 1. The second-order valence-corrected chi connectivity index (χ2v) is 4.61. The monoisotopic (exact) mass is 354 g/mol. The molecule has 0 amide bonds. The molecule has 1 aromatic carbocycles. The lowest BCUT2D eigenvalue weighted by Crippen LogP contribution is -2.06. The van der Waals surface area contributed by atoms with E-state index in [-0.39, 0.29) is 0 Å². The zero-order chi connectivity index (χ0) is 11.4. The molecule has 0 radical (unpaired) electrons. The van der Waals surface area contributed by atoms with Gasteiger partial charge in [0, 0.05) is 9.80 Å². The van der Waals surface area contributed by atoms with Crippen molar-refractivity contribution >= 4 is 49.4 Å². The summed E-state index contributed by atoms with van der Waals surface area (Å²) in [7, 11) is 0. The summed E-state index contributed by atoms with van der Waals surface area (Å²) in [5.41, 5.74) is 1.38. The van der Waals surface area contributed by atoms with Gasteiger partial charge < -0.3 is 4.74 Å². The second-order valence-electron chi connectivity index (χ2n) is 2.79. The van der Waals surface area contributed by atoms with Crippen molar-refractivity contribution in [3.63, 3.8) is 0 Å². The van der Waals surface area contributed by atoms with E-state index in [4.69, 9.17) is 16.3 Å². The van der Waals surface area contributed by atoms with Crippen LogP contribution in [0.2, 0.25) is 5.02 Å². The number of halogens is 3. The summed E-state index contributed by atoms with van der Waals surface area (Å²) in [6, 6.07) is 3.58. The summed E-state index contributed by atoms with van der Waals surface area (Å²) in [4.78, 5) is 11.5. The van der Waals surface area contributed by atoms with Crippen LogP contribution in [0, 0.1) is 0 Å². The number of ether oxygens (including phenoxy) is 1. The Morgan fingerprint density at radius 3 is 2.67 bits per heavy atom. The maximum atomic E-state index is 11.5. The smallest absolute Gasteiger partial charge is 0.340 e. The average Bonchev–Trinajstić information content (AvgIpc) is 2.16. The topological polar surface area (TPSA) is 26.3 Å². The minimum absolute atomic E-state index is 0.335. The molecule has 0 aliphatic rings. The molecule has 0 unspecified atom stereocenters. The predicted molar refractivity (Wildman–Crippen MR) is 67.7 cm³/mol. The van der Waals surface area contributed by atoms with E-state index in [0.717, 1.165) is 5.56 Å². The highest BCUT2D eigenvalue weighted by Crippen LogP contribution is 2.28. The van der Waals surface area contributed by atoms with Crippen LogP contribution < -0.4 is 0 Å². The summed E-state index contributed by atoms with van der Waals surface area (Å²) in [6.07, 6.45) is 0. The van der Waals surface area contributed by atoms with Crippen molar-refractivity contribution < 1.29 is 9.53 Å². The van der Waals surface area contributed by atoms with Crippen molar-refractivity contribution in [3.05, 3.63) is 32.8 Å². The van der Waals surface area contributed by atoms with E-state index in [1.54, 1.807) is 13.0 Å². The van der Waals surface area contributed by atoms with Crippen LogP contribution in [0.1, 0.15) is 22.8 Å². The van der Waals surface area contributed by atoms with Crippen LogP contribution in [0.3, 0.4) is 0 Å². The van der Waals surface area contributed by atoms with Gasteiger partial charge in [0.15, 0.2) is 0 Å². The Morgan fingerprint density at radius 1 is 1.53 bits per heavy atom. The molecule has 5 heteroatoms. The fraction of sp³-hybridized carbons (Fsp3) is 0.300. The van der Waals surface area contributed by atoms with Gasteiger partial charge in [-0.1, -0.05) is 27.5 Å². The lowest BCUT2D eigenvalue weighted by molar-refractivity contribution is 0.0525. The van der Waals surface area contributed by atoms with Gasteiger partial charge >= 0.3 is 5.97 Å². The van der Waals surface area contributed by atoms with Gasteiger partial charge in [0.05, 0.1) is 17.2 Å². The zero-order valence-corrected chi connectivity index (χ0v) is 11.9. The summed E-state index contributed by atoms with van der Waals surface area (Å²) in [5, 5.41) is 1.09. The number of esters is 1. The first-order valence-corrected chi connectivity index (χ1v) is 6.60. The van der Waals surface area contributed by atoms with Crippen molar-refractivity contribution in [1.29, 1.82) is 0 Å². The van der Waals surface area contributed by atoms with E-state index < -0.39 is 5.97 Å². The molecule has 0 aliphatic heterocycles. The predicted octanol–water partition coefficient (Wildman–Crippen LogP) is 4.17. The molecule has 0 fully saturated rings. The van der Waals surface area contributed by atoms with Crippen LogP contribution in [-0.4, -0.2) is 12.6 Å². The molecular formula is C10H9Br2ClO2. The Kier molecular flexibility index (Phi) is 5.09. The number of carbonyl (C=O) groups excluding carboxylic acids is 1. The van der Waals surface area contributed by atoms with Crippen LogP contribution in [0.5, 0.6) is 0 Å². The molecule has 1 rings (SSSR count). The molecule has 0 aliphatic carbocycles. The molecule has 82 valence electrons. The minimum atomic E-state index is -0.407. The molecule has 1 aromatic rings. The summed E-state index contributed by atoms with van der Waals surface area (Å²) in [6.45, 7) is 2.09. The molecule has 0 bridgehead atoms. The summed E-state index contributed by atoms with van der Waals surface area (Å²) < 4.78 is 5.55. The second kappa shape index (κ2) is 5.87. The Bertz CT molecular complexity index is 357. The normalized spacial score (nSPS) is 10.1. The Hall–Kier alpha value is -0.0600. The third kappa shape index (κ3) is 3.20. The fourth-order valence-electron chi connectivity index (χ4n) is 1.10. The maximum absolute atomic E-state index is 11.5. The van der Waals surface area contributed by atoms with Gasteiger partial charge in [-0.2, -0.15) is 0 Å². The highest BCUT2D eigenvalue weighted by molar-refractivity contribution is 9.10. The van der Waals surface area contributed by atoms with Gasteiger partial charge in [-0.3, -0.25) is 0 Å². The van der Waals surface area contributed by atoms with Crippen LogP contribution >= 0.6 is 43.5 Å². The molecule has 0 aromatic heterocycles. The molecule has 0 spiro atoms. The van der Waals surface area contributed by atoms with Crippen molar-refractivity contribution in [2.24, 2.45) is 0 Å². The average molecular weight is 356 g/mol. The number of rotatable bonds is 3. The largest absolute Gasteiger partial charge is 0.462 e. The third-order valence-electron chi connectivity index (χ3n) is 1.74. The molecule has 0 N–H and O–H groups in total. The van der Waals surface area contributed by atoms with Crippen LogP contribution in [-0.2, 0) is 10.1 Å². The van der Waals surface area contributed by atoms with Crippen molar-refractivity contribution in [1.82, 2.24) is 0 Å². The number of hydrogen-bond acceptors (Lipinski definition) is 2. The quantitative estimate of drug-likeness (QED) is 0.600. The minimum Gasteiger partial charge on any atom is -0.462 e. The molecule has 0 atom stereocenters. The molecule has 0 saturated carbocycles. The third-order valence-corrected chi connectivity index (χ3v) is 3.31. The standard InChI is InChI=1S/C10H9Br2ClO2/c1-2-15-10(14)9-7(12)3-6(5-11)4-8(9)13/h3-4H,2,5H2,1H3. The molecule has 15 heavy (non-hydrogen) atoms. The highest BCUT2D eigenvalue weighted by Gasteiger charge is 2.16. The van der Waals surface area contributed by atoms with E-state index in [0.29, 0.717) is 27.0 Å². The fourth-order valence-corrected chi connectivity index (χ4v) is 2.53. The van der Waals surface area contributed by atoms with E-state index in [1.165, 1.54) is 0 Å². The number of benzene rings is 1. The van der Waals surface area contributed by atoms with Gasteiger partial charge in [0.25, 0.3) is 0 Å². The Balaban J connectivity index is 3.13. The number of alkyl halides is 1. The van der Waals surface area contributed by atoms with Crippen LogP contribution in [0.4, 0.5) is 0 Å². The molecule has 0 heterocycles. The SMILES string of the molecule is CCOC(=O)c1c(Cl)cc(CBr)cc1Br. The van der Waals surface area contributed by atoms with Crippen LogP contribution in [0.25, 0.3) is 0 Å². The Morgan fingerprint density at radius 2 is 2.20 bits per heavy atom. The van der Waals surface area contributed by atoms with Gasteiger partial charge in [-0.15, -0.1) is 0 Å². The van der Waals surface area contributed by atoms with E-state index in [1.807, 2.05) is 6.07 Å². The Labute approximate surface area is 110 Å². The van der Waals surface area contributed by atoms with Crippen LogP contribution in [0.15, 0.2) is 16.6 Å². The highest BCUT2D eigenvalue weighted by atomic mass is 79.9. The van der Waals surface area contributed by atoms with Gasteiger partial charge in [-0.05, 0) is 40.5 Å². The zero-order valence-electron chi connectivity index (χ0n) is 8.02. The maximum Gasteiger partial charge on any atom is 0.340 e. The lowest BCUT2D eigenvalue weighted by Gasteiger charge is -2.08. The molecule has 0 saturated heterocycles. The van der Waals surface area contributed by atoms with E-state index in [9.17, 15) is 4.79 Å². The van der Waals surface area contributed by atoms with Gasteiger partial charge in [0.1, 0.15) is 0 Å². The first kappa shape index (κ1) is 13.0. The van der Waals surface area contributed by atoms with E-state index in [2.05, 4.69) is 31.9 Å². The first-order chi connectivity index (χ1) is 7.10. The number of hydrogen-bond donors (Lipinski definition) is 0. The van der Waals surface area contributed by atoms with Crippen molar-refractivity contribution in [3.8, 4) is 0 Å². The van der Waals surface area contributed by atoms with Gasteiger partial charge in [-0.25, -0.2) is 4.79 Å². The summed E-state index contributed by atoms with van der Waals surface area (Å²) >= 11 is 12.6. The first-order valence-electron chi connectivity index (χ1n) is 4.31. The molecular weight excluding hydrogens is 347 g/mol.